The normalized spacial score (nSPS) is 31.8. The summed E-state index contributed by atoms with van der Waals surface area (Å²) in [5, 5.41) is 2.90. The van der Waals surface area contributed by atoms with Crippen molar-refractivity contribution in [1.82, 2.24) is 14.9 Å². The van der Waals surface area contributed by atoms with Crippen LogP contribution in [0.15, 0.2) is 66.9 Å². The fourth-order valence-electron chi connectivity index (χ4n) is 3.36. The molecule has 0 aliphatic carbocycles. The van der Waals surface area contributed by atoms with Gasteiger partial charge in [-0.2, -0.15) is 0 Å². The predicted molar refractivity (Wildman–Crippen MR) is 137 cm³/mol. The van der Waals surface area contributed by atoms with Crippen molar-refractivity contribution in [3.63, 3.8) is 0 Å². The molecule has 0 spiro atoms. The van der Waals surface area contributed by atoms with Crippen LogP contribution in [0.2, 0.25) is 0 Å². The summed E-state index contributed by atoms with van der Waals surface area (Å²) in [4.78, 5) is 10.0. The third-order valence-corrected chi connectivity index (χ3v) is 5.05. The summed E-state index contributed by atoms with van der Waals surface area (Å²) in [6.07, 6.45) is -3.18. The van der Waals surface area contributed by atoms with E-state index < -0.39 is 39.0 Å². The Kier molecular flexibility index (Phi) is 4.30. The van der Waals surface area contributed by atoms with Gasteiger partial charge < -0.3 is 19.5 Å². The summed E-state index contributed by atoms with van der Waals surface area (Å²) in [5.74, 6) is -0.152. The first-order valence-electron chi connectivity index (χ1n) is 17.4. The maximum atomic E-state index is 8.70. The van der Waals surface area contributed by atoms with Gasteiger partial charge in [-0.15, -0.1) is 0 Å². The van der Waals surface area contributed by atoms with E-state index in [0.717, 1.165) is 0 Å². The number of likely N-dealkylation sites (tertiary alicyclic amines) is 1. The first kappa shape index (κ1) is 12.6. The number of nitrogens with zero attached hydrogens (tertiary/aromatic N) is 3. The second kappa shape index (κ2) is 11.9. The number of nitrogens with one attached hydrogen (secondary N) is 1. The molecular weight excluding hydrogens is 440 g/mol. The highest BCUT2D eigenvalue weighted by molar-refractivity contribution is 5.63. The van der Waals surface area contributed by atoms with Gasteiger partial charge in [0, 0.05) is 35.0 Å². The van der Waals surface area contributed by atoms with Crippen molar-refractivity contribution < 1.29 is 32.0 Å². The van der Waals surface area contributed by atoms with Crippen LogP contribution in [0.25, 0.3) is 11.3 Å². The van der Waals surface area contributed by atoms with Gasteiger partial charge in [0.15, 0.2) is 0 Å². The van der Waals surface area contributed by atoms with Crippen molar-refractivity contribution in [2.75, 3.05) is 44.7 Å². The van der Waals surface area contributed by atoms with E-state index in [9.17, 15) is 0 Å². The third-order valence-electron chi connectivity index (χ3n) is 5.05. The summed E-state index contributed by atoms with van der Waals surface area (Å²) >= 11 is 0. The minimum atomic E-state index is -2.96. The van der Waals surface area contributed by atoms with Crippen LogP contribution < -0.4 is 10.1 Å². The molecule has 0 atom stereocenters. The number of fused-ring (bicyclic) bond motifs is 7. The molecule has 0 amide bonds. The minimum Gasteiger partial charge on any atom is -0.492 e. The fraction of sp³-hybridized carbons (Fsp3) is 0.357. The average Bonchev–Trinajstić information content (AvgIpc) is 3.16. The van der Waals surface area contributed by atoms with Crippen molar-refractivity contribution in [2.24, 2.45) is 0 Å². The van der Waals surface area contributed by atoms with Crippen LogP contribution in [0.3, 0.4) is 0 Å². The molecule has 35 heavy (non-hydrogen) atoms. The van der Waals surface area contributed by atoms with E-state index in [4.69, 9.17) is 32.0 Å². The molecule has 182 valence electrons. The van der Waals surface area contributed by atoms with Gasteiger partial charge in [-0.25, -0.2) is 9.97 Å². The van der Waals surface area contributed by atoms with E-state index in [-0.39, 0.29) is 66.6 Å². The molecule has 2 aliphatic rings. The summed E-state index contributed by atoms with van der Waals surface area (Å²) < 4.78 is 123. The fourth-order valence-corrected chi connectivity index (χ4v) is 3.36. The zero-order valence-corrected chi connectivity index (χ0v) is 18.7. The van der Waals surface area contributed by atoms with Crippen LogP contribution in [0, 0.1) is 0 Å². The molecule has 2 aliphatic heterocycles. The summed E-state index contributed by atoms with van der Waals surface area (Å²) in [6, 6.07) is 11.3. The van der Waals surface area contributed by atoms with Crippen LogP contribution in [0.5, 0.6) is 5.75 Å². The Bertz CT molecular complexity index is 1690. The first-order valence-corrected chi connectivity index (χ1v) is 10.9. The predicted octanol–water partition coefficient (Wildman–Crippen LogP) is 4.96. The smallest absolute Gasteiger partial charge is 0.227 e. The molecule has 1 saturated heterocycles. The van der Waals surface area contributed by atoms with Gasteiger partial charge in [-0.05, 0) is 61.7 Å². The van der Waals surface area contributed by atoms with Gasteiger partial charge in [0.1, 0.15) is 12.4 Å². The van der Waals surface area contributed by atoms with Gasteiger partial charge in [-0.1, -0.05) is 30.4 Å². The summed E-state index contributed by atoms with van der Waals surface area (Å²) in [7, 11) is 0. The Labute approximate surface area is 225 Å². The molecule has 3 aromatic rings. The molecule has 2 aromatic carbocycles. The van der Waals surface area contributed by atoms with E-state index in [1.54, 1.807) is 6.07 Å². The molecular formula is C28H32N4O3. The second-order valence-electron chi connectivity index (χ2n) is 7.51. The van der Waals surface area contributed by atoms with Crippen LogP contribution in [0.4, 0.5) is 11.6 Å². The monoisotopic (exact) mass is 485 g/mol. The van der Waals surface area contributed by atoms with E-state index in [1.165, 1.54) is 47.4 Å². The minimum absolute atomic E-state index is 0.0726. The first-order chi connectivity index (χ1) is 22.1. The van der Waals surface area contributed by atoms with Crippen LogP contribution in [0.1, 0.15) is 41.7 Å². The van der Waals surface area contributed by atoms with E-state index in [2.05, 4.69) is 15.3 Å². The molecule has 5 rings (SSSR count). The average molecular weight is 486 g/mol. The van der Waals surface area contributed by atoms with E-state index >= 15 is 0 Å². The van der Waals surface area contributed by atoms with E-state index in [0.29, 0.717) is 17.7 Å². The van der Waals surface area contributed by atoms with Gasteiger partial charge in [0.25, 0.3) is 0 Å². The SMILES string of the molecule is [2H]c1cc2nc(n1)Nc1ccc(OCCN3CC([2H])([2H])C([2H])([2H])C3)c(c1)C([2H])([2H])OC([2H])([2H])/C=C/C([2H])([2H])OC([2H])([2H])c1cccc-2c1. The number of hydrogen-bond donors (Lipinski definition) is 1. The number of ether oxygens (including phenoxy) is 3. The molecule has 0 saturated carbocycles. The van der Waals surface area contributed by atoms with Gasteiger partial charge in [0.05, 0.1) is 44.3 Å². The molecule has 7 heteroatoms. The molecule has 0 unspecified atom stereocenters. The highest BCUT2D eigenvalue weighted by Crippen LogP contribution is 2.26. The lowest BCUT2D eigenvalue weighted by molar-refractivity contribution is 0.138. The summed E-state index contributed by atoms with van der Waals surface area (Å²) in [6.45, 7) is -11.8. The van der Waals surface area contributed by atoms with Crippen molar-refractivity contribution in [2.45, 2.75) is 25.9 Å². The highest BCUT2D eigenvalue weighted by atomic mass is 16.5. The number of benzene rings is 2. The number of aromatic nitrogens is 2. The lowest BCUT2D eigenvalue weighted by atomic mass is 10.1. The summed E-state index contributed by atoms with van der Waals surface area (Å²) in [5.41, 5.74) is 0.400. The van der Waals surface area contributed by atoms with E-state index in [1.807, 2.05) is 0 Å². The van der Waals surface area contributed by atoms with Gasteiger partial charge in [-0.3, -0.25) is 4.90 Å². The third kappa shape index (κ3) is 6.66. The Morgan fingerprint density at radius 3 is 2.77 bits per heavy atom. The number of hydrogen-bond acceptors (Lipinski definition) is 7. The Hall–Kier alpha value is -3.26. The standard InChI is InChI=1S/C28H32N4O3/c1-2-13-32(12-1)14-17-35-27-9-8-25-19-24(27)21-34-16-4-3-15-33-20-22-6-5-7-23(18-22)26-10-11-29-28(30-25)31-26/h3-11,18-19H,1-2,12-17,20-21H2,(H,29,30,31)/b4-3+/i1D2,2D2,11D,15D2,16D2,20D2,21D2. The molecule has 1 N–H and O–H groups in total. The molecule has 1 aromatic heterocycles. The number of rotatable bonds is 4. The second-order valence-corrected chi connectivity index (χ2v) is 7.51. The Balaban J connectivity index is 1.54. The molecule has 6 bridgehead atoms. The Morgan fingerprint density at radius 2 is 1.89 bits per heavy atom. The highest BCUT2D eigenvalue weighted by Gasteiger charge is 2.13. The van der Waals surface area contributed by atoms with Gasteiger partial charge in [0.2, 0.25) is 5.95 Å². The molecule has 0 radical (unpaired) electrons. The van der Waals surface area contributed by atoms with Crippen LogP contribution in [-0.2, 0) is 22.6 Å². The zero-order valence-electron chi connectivity index (χ0n) is 31.7. The topological polar surface area (TPSA) is 68.7 Å². The molecule has 1 fully saturated rings. The Morgan fingerprint density at radius 1 is 1.03 bits per heavy atom. The zero-order chi connectivity index (χ0) is 35.3. The van der Waals surface area contributed by atoms with Crippen molar-refractivity contribution in [3.8, 4) is 17.0 Å². The van der Waals surface area contributed by atoms with Gasteiger partial charge >= 0.3 is 0 Å². The maximum Gasteiger partial charge on any atom is 0.227 e. The lowest BCUT2D eigenvalue weighted by Gasteiger charge is -2.17. The van der Waals surface area contributed by atoms with Crippen LogP contribution in [-0.4, -0.2) is 54.2 Å². The lowest BCUT2D eigenvalue weighted by Crippen LogP contribution is -2.25. The number of anilines is 2. The molecule has 7 nitrogen and oxygen atoms in total. The van der Waals surface area contributed by atoms with Crippen LogP contribution >= 0.6 is 0 Å². The quantitative estimate of drug-likeness (QED) is 0.524. The maximum absolute atomic E-state index is 8.70. The van der Waals surface area contributed by atoms with Crippen molar-refractivity contribution >= 4 is 11.6 Å². The van der Waals surface area contributed by atoms with Crippen molar-refractivity contribution in [1.29, 1.82) is 0 Å². The molecule has 3 heterocycles. The van der Waals surface area contributed by atoms with Crippen molar-refractivity contribution in [3.05, 3.63) is 78.0 Å². The largest absolute Gasteiger partial charge is 0.492 e.